The molecule has 1 aliphatic carbocycles. The van der Waals surface area contributed by atoms with Crippen molar-refractivity contribution in [1.82, 2.24) is 15.1 Å². The second-order valence-electron chi connectivity index (χ2n) is 4.14. The lowest BCUT2D eigenvalue weighted by Gasteiger charge is -2.27. The highest BCUT2D eigenvalue weighted by Gasteiger charge is 2.33. The standard InChI is InChI=1S/C11H10BrN3O2/c12-7-1-2-9(13-5-7)10-14-11(17-15-10)6-3-8(16)4-6/h1-2,5-6,8,16H,3-4H2. The predicted molar refractivity (Wildman–Crippen MR) is 63.2 cm³/mol. The highest BCUT2D eigenvalue weighted by Crippen LogP contribution is 2.36. The summed E-state index contributed by atoms with van der Waals surface area (Å²) < 4.78 is 6.09. The van der Waals surface area contributed by atoms with Crippen LogP contribution in [0.2, 0.25) is 0 Å². The lowest BCUT2D eigenvalue weighted by molar-refractivity contribution is 0.0625. The van der Waals surface area contributed by atoms with Crippen molar-refractivity contribution in [3.05, 3.63) is 28.7 Å². The molecule has 0 spiro atoms. The molecule has 0 unspecified atom stereocenters. The van der Waals surface area contributed by atoms with Crippen LogP contribution in [0.25, 0.3) is 11.5 Å². The second-order valence-corrected chi connectivity index (χ2v) is 5.06. The maximum atomic E-state index is 9.23. The van der Waals surface area contributed by atoms with E-state index in [1.165, 1.54) is 0 Å². The van der Waals surface area contributed by atoms with Gasteiger partial charge in [0, 0.05) is 16.6 Å². The minimum atomic E-state index is -0.221. The fourth-order valence-corrected chi connectivity index (χ4v) is 2.04. The molecule has 88 valence electrons. The Labute approximate surface area is 106 Å². The first-order chi connectivity index (χ1) is 8.22. The molecule has 2 heterocycles. The van der Waals surface area contributed by atoms with E-state index in [0.29, 0.717) is 30.3 Å². The Morgan fingerprint density at radius 1 is 1.35 bits per heavy atom. The number of aliphatic hydroxyl groups excluding tert-OH is 1. The summed E-state index contributed by atoms with van der Waals surface area (Å²) >= 11 is 3.32. The van der Waals surface area contributed by atoms with Crippen LogP contribution in [0.1, 0.15) is 24.7 Å². The van der Waals surface area contributed by atoms with Crippen molar-refractivity contribution in [1.29, 1.82) is 0 Å². The zero-order valence-corrected chi connectivity index (χ0v) is 10.5. The number of nitrogens with zero attached hydrogens (tertiary/aromatic N) is 3. The van der Waals surface area contributed by atoms with E-state index in [0.717, 1.165) is 4.47 Å². The quantitative estimate of drug-likeness (QED) is 0.919. The fraction of sp³-hybridized carbons (Fsp3) is 0.364. The van der Waals surface area contributed by atoms with Crippen LogP contribution in [0.5, 0.6) is 0 Å². The predicted octanol–water partition coefficient (Wildman–Crippen LogP) is 2.13. The molecule has 1 aliphatic rings. The van der Waals surface area contributed by atoms with Crippen LogP contribution in [0.3, 0.4) is 0 Å². The highest BCUT2D eigenvalue weighted by atomic mass is 79.9. The van der Waals surface area contributed by atoms with Gasteiger partial charge in [-0.25, -0.2) is 0 Å². The second kappa shape index (κ2) is 4.19. The molecule has 17 heavy (non-hydrogen) atoms. The van der Waals surface area contributed by atoms with Gasteiger partial charge in [-0.3, -0.25) is 4.98 Å². The molecule has 0 aliphatic heterocycles. The molecule has 1 fully saturated rings. The Balaban J connectivity index is 1.82. The van der Waals surface area contributed by atoms with Gasteiger partial charge in [0.15, 0.2) is 0 Å². The summed E-state index contributed by atoms with van der Waals surface area (Å²) in [4.78, 5) is 8.50. The fourth-order valence-electron chi connectivity index (χ4n) is 1.80. The van der Waals surface area contributed by atoms with Crippen molar-refractivity contribution in [2.75, 3.05) is 0 Å². The van der Waals surface area contributed by atoms with E-state index in [-0.39, 0.29) is 12.0 Å². The van der Waals surface area contributed by atoms with Crippen LogP contribution in [0.4, 0.5) is 0 Å². The summed E-state index contributed by atoms with van der Waals surface area (Å²) in [6, 6.07) is 3.71. The number of pyridine rings is 1. The third kappa shape index (κ3) is 2.10. The number of aliphatic hydroxyl groups is 1. The third-order valence-corrected chi connectivity index (χ3v) is 3.33. The van der Waals surface area contributed by atoms with Gasteiger partial charge in [-0.2, -0.15) is 4.98 Å². The number of aromatic nitrogens is 3. The van der Waals surface area contributed by atoms with E-state index >= 15 is 0 Å². The summed E-state index contributed by atoms with van der Waals surface area (Å²) in [6.07, 6.45) is 2.88. The number of rotatable bonds is 2. The Bertz CT molecular complexity index is 520. The van der Waals surface area contributed by atoms with Crippen LogP contribution in [0, 0.1) is 0 Å². The van der Waals surface area contributed by atoms with E-state index in [4.69, 9.17) is 4.52 Å². The van der Waals surface area contributed by atoms with Gasteiger partial charge in [0.25, 0.3) is 0 Å². The Hall–Kier alpha value is -1.27. The number of hydrogen-bond donors (Lipinski definition) is 1. The molecular formula is C11H10BrN3O2. The van der Waals surface area contributed by atoms with Crippen LogP contribution in [-0.4, -0.2) is 26.3 Å². The van der Waals surface area contributed by atoms with Gasteiger partial charge in [-0.15, -0.1) is 0 Å². The topological polar surface area (TPSA) is 72.0 Å². The van der Waals surface area contributed by atoms with E-state index in [1.807, 2.05) is 12.1 Å². The lowest BCUT2D eigenvalue weighted by atomic mass is 9.82. The van der Waals surface area contributed by atoms with Crippen molar-refractivity contribution in [3.63, 3.8) is 0 Å². The van der Waals surface area contributed by atoms with E-state index < -0.39 is 0 Å². The summed E-state index contributed by atoms with van der Waals surface area (Å²) in [5.74, 6) is 1.28. The Kier molecular flexibility index (Phi) is 2.68. The lowest BCUT2D eigenvalue weighted by Crippen LogP contribution is -2.26. The van der Waals surface area contributed by atoms with Gasteiger partial charge in [0.1, 0.15) is 5.69 Å². The van der Waals surface area contributed by atoms with Crippen molar-refractivity contribution in [2.45, 2.75) is 24.9 Å². The molecule has 6 heteroatoms. The zero-order valence-electron chi connectivity index (χ0n) is 8.88. The van der Waals surface area contributed by atoms with Crippen LogP contribution in [0.15, 0.2) is 27.3 Å². The largest absolute Gasteiger partial charge is 0.393 e. The molecule has 0 amide bonds. The van der Waals surface area contributed by atoms with Crippen LogP contribution < -0.4 is 0 Å². The molecule has 2 aromatic heterocycles. The third-order valence-electron chi connectivity index (χ3n) is 2.86. The maximum Gasteiger partial charge on any atom is 0.230 e. The average molecular weight is 296 g/mol. The van der Waals surface area contributed by atoms with Gasteiger partial charge >= 0.3 is 0 Å². The summed E-state index contributed by atoms with van der Waals surface area (Å²) in [5.41, 5.74) is 0.683. The van der Waals surface area contributed by atoms with Gasteiger partial charge in [-0.1, -0.05) is 5.16 Å². The van der Waals surface area contributed by atoms with E-state index in [9.17, 15) is 5.11 Å². The molecule has 1 N–H and O–H groups in total. The summed E-state index contributed by atoms with van der Waals surface area (Å²) in [7, 11) is 0. The smallest absolute Gasteiger partial charge is 0.230 e. The molecule has 0 saturated heterocycles. The highest BCUT2D eigenvalue weighted by molar-refractivity contribution is 9.10. The number of hydrogen-bond acceptors (Lipinski definition) is 5. The maximum absolute atomic E-state index is 9.23. The average Bonchev–Trinajstić information content (AvgIpc) is 2.75. The Morgan fingerprint density at radius 2 is 2.18 bits per heavy atom. The van der Waals surface area contributed by atoms with Crippen LogP contribution in [-0.2, 0) is 0 Å². The molecule has 0 radical (unpaired) electrons. The van der Waals surface area contributed by atoms with E-state index in [1.54, 1.807) is 6.20 Å². The first kappa shape index (κ1) is 10.9. The first-order valence-electron chi connectivity index (χ1n) is 5.36. The van der Waals surface area contributed by atoms with Crippen LogP contribution >= 0.6 is 15.9 Å². The monoisotopic (exact) mass is 295 g/mol. The van der Waals surface area contributed by atoms with Crippen molar-refractivity contribution in [2.24, 2.45) is 0 Å². The van der Waals surface area contributed by atoms with Gasteiger partial charge in [-0.05, 0) is 40.9 Å². The van der Waals surface area contributed by atoms with E-state index in [2.05, 4.69) is 31.1 Å². The molecular weight excluding hydrogens is 286 g/mol. The summed E-state index contributed by atoms with van der Waals surface area (Å²) in [6.45, 7) is 0. The van der Waals surface area contributed by atoms with Gasteiger partial charge < -0.3 is 9.63 Å². The van der Waals surface area contributed by atoms with Gasteiger partial charge in [0.05, 0.1) is 6.10 Å². The van der Waals surface area contributed by atoms with Crippen molar-refractivity contribution < 1.29 is 9.63 Å². The SMILES string of the molecule is OC1CC(c2nc(-c3ccc(Br)cn3)no2)C1. The molecule has 0 atom stereocenters. The minimum absolute atomic E-state index is 0.196. The molecule has 0 bridgehead atoms. The molecule has 2 aromatic rings. The number of halogens is 1. The molecule has 0 aromatic carbocycles. The first-order valence-corrected chi connectivity index (χ1v) is 6.15. The normalized spacial score (nSPS) is 23.4. The molecule has 1 saturated carbocycles. The van der Waals surface area contributed by atoms with Crippen molar-refractivity contribution in [3.8, 4) is 11.5 Å². The zero-order chi connectivity index (χ0) is 11.8. The summed E-state index contributed by atoms with van der Waals surface area (Å²) in [5, 5.41) is 13.1. The molecule has 5 nitrogen and oxygen atoms in total. The minimum Gasteiger partial charge on any atom is -0.393 e. The molecule has 3 rings (SSSR count). The Morgan fingerprint density at radius 3 is 2.82 bits per heavy atom. The van der Waals surface area contributed by atoms with Gasteiger partial charge in [0.2, 0.25) is 11.7 Å². The van der Waals surface area contributed by atoms with Crippen molar-refractivity contribution >= 4 is 15.9 Å².